The van der Waals surface area contributed by atoms with Gasteiger partial charge in [0.15, 0.2) is 6.61 Å². The summed E-state index contributed by atoms with van der Waals surface area (Å²) in [6.45, 7) is 2.88. The van der Waals surface area contributed by atoms with Crippen LogP contribution in [-0.2, 0) is 27.2 Å². The van der Waals surface area contributed by atoms with E-state index in [1.54, 1.807) is 44.2 Å². The molecule has 0 bridgehead atoms. The number of aromatic amines is 1. The van der Waals surface area contributed by atoms with E-state index >= 15 is 0 Å². The molecule has 0 saturated heterocycles. The Hall–Kier alpha value is -3.61. The lowest BCUT2D eigenvalue weighted by atomic mass is 9.95. The molecular formula is C25H25N3O4. The zero-order valence-electron chi connectivity index (χ0n) is 18.2. The van der Waals surface area contributed by atoms with Crippen LogP contribution in [0.1, 0.15) is 48.3 Å². The fourth-order valence-electron chi connectivity index (χ4n) is 4.71. The van der Waals surface area contributed by atoms with Gasteiger partial charge in [0.25, 0.3) is 5.91 Å². The summed E-state index contributed by atoms with van der Waals surface area (Å²) in [5, 5.41) is 3.87. The average molecular weight is 431 g/mol. The summed E-state index contributed by atoms with van der Waals surface area (Å²) in [7, 11) is 0. The summed E-state index contributed by atoms with van der Waals surface area (Å²) in [6.07, 6.45) is 4.34. The van der Waals surface area contributed by atoms with E-state index in [9.17, 15) is 14.4 Å². The van der Waals surface area contributed by atoms with Crippen molar-refractivity contribution < 1.29 is 19.1 Å². The van der Waals surface area contributed by atoms with Crippen LogP contribution in [0.5, 0.6) is 0 Å². The number of hydrogen-bond donors (Lipinski definition) is 2. The van der Waals surface area contributed by atoms with E-state index in [1.807, 2.05) is 12.1 Å². The number of benzene rings is 2. The Labute approximate surface area is 185 Å². The quantitative estimate of drug-likeness (QED) is 0.614. The molecule has 164 valence electrons. The molecule has 2 aromatic carbocycles. The third-order valence-corrected chi connectivity index (χ3v) is 6.42. The van der Waals surface area contributed by atoms with Crippen molar-refractivity contribution in [3.05, 3.63) is 59.3 Å². The Kier molecular flexibility index (Phi) is 4.77. The summed E-state index contributed by atoms with van der Waals surface area (Å²) in [6, 6.07) is 12.5. The highest BCUT2D eigenvalue weighted by Crippen LogP contribution is 2.36. The summed E-state index contributed by atoms with van der Waals surface area (Å²) in [5.41, 5.74) is 3.97. The van der Waals surface area contributed by atoms with E-state index in [0.717, 1.165) is 30.2 Å². The highest BCUT2D eigenvalue weighted by atomic mass is 16.5. The maximum Gasteiger partial charge on any atom is 0.338 e. The second kappa shape index (κ2) is 7.51. The molecule has 0 atom stereocenters. The number of anilines is 2. The Morgan fingerprint density at radius 3 is 2.72 bits per heavy atom. The summed E-state index contributed by atoms with van der Waals surface area (Å²) in [5.74, 6) is -1.30. The smallest absolute Gasteiger partial charge is 0.338 e. The average Bonchev–Trinajstić information content (AvgIpc) is 3.16. The fourth-order valence-corrected chi connectivity index (χ4v) is 4.71. The van der Waals surface area contributed by atoms with Gasteiger partial charge in [0.1, 0.15) is 5.54 Å². The summed E-state index contributed by atoms with van der Waals surface area (Å²) in [4.78, 5) is 43.2. The number of nitrogens with one attached hydrogen (secondary N) is 2. The maximum absolute atomic E-state index is 13.1. The van der Waals surface area contributed by atoms with Gasteiger partial charge >= 0.3 is 5.97 Å². The second-order valence-electron chi connectivity index (χ2n) is 8.89. The first-order valence-corrected chi connectivity index (χ1v) is 10.9. The number of hydrogen-bond acceptors (Lipinski definition) is 4. The Balaban J connectivity index is 1.36. The van der Waals surface area contributed by atoms with Crippen LogP contribution in [0.15, 0.2) is 42.5 Å². The molecule has 0 unspecified atom stereocenters. The van der Waals surface area contributed by atoms with Crippen molar-refractivity contribution >= 4 is 40.1 Å². The third-order valence-electron chi connectivity index (χ3n) is 6.42. The molecule has 2 N–H and O–H groups in total. The van der Waals surface area contributed by atoms with Gasteiger partial charge in [-0.05, 0) is 75.4 Å². The number of para-hydroxylation sites is 2. The van der Waals surface area contributed by atoms with Gasteiger partial charge < -0.3 is 15.0 Å². The van der Waals surface area contributed by atoms with E-state index in [-0.39, 0.29) is 5.91 Å². The van der Waals surface area contributed by atoms with Gasteiger partial charge in [-0.3, -0.25) is 14.5 Å². The first-order valence-electron chi connectivity index (χ1n) is 10.9. The molecule has 7 heteroatoms. The van der Waals surface area contributed by atoms with E-state index < -0.39 is 24.0 Å². The minimum absolute atomic E-state index is 0.293. The lowest BCUT2D eigenvalue weighted by Crippen LogP contribution is -2.59. The largest absolute Gasteiger partial charge is 0.452 e. The van der Waals surface area contributed by atoms with Gasteiger partial charge in [-0.15, -0.1) is 0 Å². The van der Waals surface area contributed by atoms with Crippen molar-refractivity contribution in [2.45, 2.75) is 45.1 Å². The van der Waals surface area contributed by atoms with Crippen LogP contribution in [0.2, 0.25) is 0 Å². The van der Waals surface area contributed by atoms with Crippen LogP contribution in [0.3, 0.4) is 0 Å². The molecule has 1 aromatic heterocycles. The summed E-state index contributed by atoms with van der Waals surface area (Å²) < 4.78 is 5.38. The zero-order chi connectivity index (χ0) is 22.5. The molecule has 2 aliphatic rings. The fraction of sp³-hybridized carbons (Fsp3) is 0.320. The molecule has 0 saturated carbocycles. The minimum atomic E-state index is -1.11. The number of carbonyl (C=O) groups excluding carboxylic acids is 3. The highest BCUT2D eigenvalue weighted by Gasteiger charge is 2.43. The lowest BCUT2D eigenvalue weighted by Gasteiger charge is -2.41. The minimum Gasteiger partial charge on any atom is -0.452 e. The van der Waals surface area contributed by atoms with Crippen LogP contribution >= 0.6 is 0 Å². The third kappa shape index (κ3) is 3.25. The lowest BCUT2D eigenvalue weighted by molar-refractivity contribution is -0.128. The highest BCUT2D eigenvalue weighted by molar-refractivity contribution is 6.14. The topological polar surface area (TPSA) is 91.5 Å². The first-order chi connectivity index (χ1) is 15.4. The molecule has 7 nitrogen and oxygen atoms in total. The van der Waals surface area contributed by atoms with E-state index in [1.165, 1.54) is 22.6 Å². The van der Waals surface area contributed by atoms with Gasteiger partial charge in [-0.25, -0.2) is 4.79 Å². The van der Waals surface area contributed by atoms with Crippen molar-refractivity contribution in [2.75, 3.05) is 16.8 Å². The number of aromatic nitrogens is 1. The maximum atomic E-state index is 13.1. The van der Waals surface area contributed by atoms with E-state index in [2.05, 4.69) is 10.3 Å². The number of fused-ring (bicyclic) bond motifs is 4. The molecule has 0 fully saturated rings. The number of H-pyrrole nitrogens is 1. The SMILES string of the molecule is CC1(C)C(=O)Nc2ccccc2N1C(=O)COC(=O)c1ccc2[nH]c3c(c2c1)CCCC3. The monoisotopic (exact) mass is 431 g/mol. The van der Waals surface area contributed by atoms with Crippen LogP contribution in [-0.4, -0.2) is 34.9 Å². The van der Waals surface area contributed by atoms with Gasteiger partial charge in [-0.1, -0.05) is 12.1 Å². The number of amides is 2. The number of ether oxygens (including phenoxy) is 1. The van der Waals surface area contributed by atoms with Crippen molar-refractivity contribution in [3.8, 4) is 0 Å². The van der Waals surface area contributed by atoms with Gasteiger partial charge in [0.05, 0.1) is 16.9 Å². The predicted molar refractivity (Wildman–Crippen MR) is 122 cm³/mol. The number of aryl methyl sites for hydroxylation is 2. The molecule has 0 spiro atoms. The number of carbonyl (C=O) groups is 3. The Bertz CT molecular complexity index is 1260. The first kappa shape index (κ1) is 20.3. The van der Waals surface area contributed by atoms with E-state index in [0.29, 0.717) is 16.9 Å². The van der Waals surface area contributed by atoms with Crippen LogP contribution in [0.4, 0.5) is 11.4 Å². The van der Waals surface area contributed by atoms with Gasteiger partial charge in [0.2, 0.25) is 5.91 Å². The summed E-state index contributed by atoms with van der Waals surface area (Å²) >= 11 is 0. The second-order valence-corrected chi connectivity index (χ2v) is 8.89. The van der Waals surface area contributed by atoms with E-state index in [4.69, 9.17) is 4.74 Å². The van der Waals surface area contributed by atoms with Crippen LogP contribution in [0.25, 0.3) is 10.9 Å². The van der Waals surface area contributed by atoms with Crippen molar-refractivity contribution in [2.24, 2.45) is 0 Å². The molecule has 3 aromatic rings. The zero-order valence-corrected chi connectivity index (χ0v) is 18.2. The predicted octanol–water partition coefficient (Wildman–Crippen LogP) is 3.97. The number of esters is 1. The molecular weight excluding hydrogens is 406 g/mol. The number of nitrogens with zero attached hydrogens (tertiary/aromatic N) is 1. The Morgan fingerprint density at radius 2 is 1.88 bits per heavy atom. The molecule has 5 rings (SSSR count). The van der Waals surface area contributed by atoms with Crippen molar-refractivity contribution in [1.29, 1.82) is 0 Å². The molecule has 1 aliphatic heterocycles. The van der Waals surface area contributed by atoms with Crippen LogP contribution < -0.4 is 10.2 Å². The molecule has 32 heavy (non-hydrogen) atoms. The molecule has 2 amide bonds. The standard InChI is InChI=1S/C25H25N3O4/c1-25(2)24(31)27-20-9-5-6-10-21(20)28(25)22(29)14-32-23(30)15-11-12-19-17(13-15)16-7-3-4-8-18(16)26-19/h5-6,9-13,26H,3-4,7-8,14H2,1-2H3,(H,27,31). The van der Waals surface area contributed by atoms with Gasteiger partial charge in [-0.2, -0.15) is 0 Å². The van der Waals surface area contributed by atoms with Crippen molar-refractivity contribution in [3.63, 3.8) is 0 Å². The van der Waals surface area contributed by atoms with Crippen LogP contribution in [0, 0.1) is 0 Å². The molecule has 2 heterocycles. The normalized spacial score (nSPS) is 16.8. The molecule has 1 aliphatic carbocycles. The van der Waals surface area contributed by atoms with Gasteiger partial charge in [0, 0.05) is 16.6 Å². The molecule has 0 radical (unpaired) electrons. The van der Waals surface area contributed by atoms with Crippen molar-refractivity contribution in [1.82, 2.24) is 4.98 Å². The number of rotatable bonds is 3. The Morgan fingerprint density at radius 1 is 1.09 bits per heavy atom.